The number of halogens is 1. The van der Waals surface area contributed by atoms with Crippen LogP contribution in [0.4, 0.5) is 9.52 Å². The minimum absolute atomic E-state index is 0.0542. The highest BCUT2D eigenvalue weighted by atomic mass is 32.2. The first kappa shape index (κ1) is 17.7. The van der Waals surface area contributed by atoms with Gasteiger partial charge in [0.05, 0.1) is 11.1 Å². The van der Waals surface area contributed by atoms with E-state index in [1.807, 2.05) is 4.90 Å². The molecule has 0 atom stereocenters. The van der Waals surface area contributed by atoms with Gasteiger partial charge in [-0.05, 0) is 24.3 Å². The summed E-state index contributed by atoms with van der Waals surface area (Å²) in [7, 11) is -3.67. The molecular weight excluding hydrogens is 371 g/mol. The van der Waals surface area contributed by atoms with E-state index in [2.05, 4.69) is 4.98 Å². The highest BCUT2D eigenvalue weighted by Crippen LogP contribution is 2.25. The number of thiazole rings is 1. The molecule has 1 aliphatic heterocycles. The maximum Gasteiger partial charge on any atom is 0.286 e. The van der Waals surface area contributed by atoms with E-state index < -0.39 is 21.7 Å². The van der Waals surface area contributed by atoms with Crippen LogP contribution in [0.3, 0.4) is 0 Å². The Hall–Kier alpha value is -2.08. The van der Waals surface area contributed by atoms with Crippen LogP contribution in [-0.2, 0) is 10.0 Å². The second-order valence-corrected chi connectivity index (χ2v) is 8.24. The predicted octanol–water partition coefficient (Wildman–Crippen LogP) is 0.912. The van der Waals surface area contributed by atoms with E-state index >= 15 is 0 Å². The maximum absolute atomic E-state index is 13.0. The number of hydrogen-bond acceptors (Lipinski definition) is 7. The van der Waals surface area contributed by atoms with Gasteiger partial charge in [-0.3, -0.25) is 10.0 Å². The van der Waals surface area contributed by atoms with Gasteiger partial charge in [0, 0.05) is 26.2 Å². The van der Waals surface area contributed by atoms with Crippen molar-refractivity contribution in [3.05, 3.63) is 41.2 Å². The van der Waals surface area contributed by atoms with Gasteiger partial charge < -0.3 is 4.90 Å². The molecule has 8 nitrogen and oxygen atoms in total. The van der Waals surface area contributed by atoms with E-state index in [4.69, 9.17) is 5.21 Å². The molecule has 0 spiro atoms. The molecule has 3 rings (SSSR count). The summed E-state index contributed by atoms with van der Waals surface area (Å²) in [6.07, 6.45) is 1.35. The summed E-state index contributed by atoms with van der Waals surface area (Å²) >= 11 is 1.11. The third-order valence-corrected chi connectivity index (χ3v) is 6.75. The number of carbonyl (C=O) groups is 1. The number of benzene rings is 1. The van der Waals surface area contributed by atoms with E-state index in [1.165, 1.54) is 22.6 Å². The van der Waals surface area contributed by atoms with Crippen LogP contribution in [0.25, 0.3) is 0 Å². The Morgan fingerprint density at radius 1 is 1.20 bits per heavy atom. The van der Waals surface area contributed by atoms with Gasteiger partial charge in [0.15, 0.2) is 5.13 Å². The van der Waals surface area contributed by atoms with Crippen LogP contribution in [0.15, 0.2) is 35.4 Å². The first-order valence-corrected chi connectivity index (χ1v) is 9.58. The number of hydrogen-bond donors (Lipinski definition) is 2. The number of rotatable bonds is 4. The first-order valence-electron chi connectivity index (χ1n) is 7.33. The second-order valence-electron chi connectivity index (χ2n) is 5.29. The number of nitrogens with zero attached hydrogens (tertiary/aromatic N) is 3. The highest BCUT2D eigenvalue weighted by molar-refractivity contribution is 7.89. The van der Waals surface area contributed by atoms with Gasteiger partial charge >= 0.3 is 0 Å². The monoisotopic (exact) mass is 386 g/mol. The summed E-state index contributed by atoms with van der Waals surface area (Å²) < 4.78 is 39.4. The van der Waals surface area contributed by atoms with E-state index in [9.17, 15) is 17.6 Å². The lowest BCUT2D eigenvalue weighted by atomic mass is 10.4. The fraction of sp³-hybridized carbons (Fsp3) is 0.286. The lowest BCUT2D eigenvalue weighted by molar-refractivity contribution is 0.0710. The molecule has 0 radical (unpaired) electrons. The first-order chi connectivity index (χ1) is 11.9. The summed E-state index contributed by atoms with van der Waals surface area (Å²) in [5.41, 5.74) is 1.55. The van der Waals surface area contributed by atoms with Crippen molar-refractivity contribution in [3.63, 3.8) is 0 Å². The average molecular weight is 386 g/mol. The number of carbonyl (C=O) groups excluding carboxylic acids is 1. The molecule has 1 saturated heterocycles. The molecule has 134 valence electrons. The van der Waals surface area contributed by atoms with Crippen molar-refractivity contribution < 1.29 is 22.8 Å². The SMILES string of the molecule is O=C(NO)c1cnc(N2CCN(S(=O)(=O)c3ccc(F)cc3)CC2)s1. The normalized spacial score (nSPS) is 16.0. The molecular formula is C14H15FN4O4S2. The fourth-order valence-corrected chi connectivity index (χ4v) is 4.73. The maximum atomic E-state index is 13.0. The number of aromatic nitrogens is 1. The van der Waals surface area contributed by atoms with Gasteiger partial charge in [-0.2, -0.15) is 4.31 Å². The molecule has 1 aliphatic rings. The van der Waals surface area contributed by atoms with Crippen LogP contribution in [-0.4, -0.2) is 55.0 Å². The lowest BCUT2D eigenvalue weighted by Crippen LogP contribution is -2.48. The Kier molecular flexibility index (Phi) is 4.99. The van der Waals surface area contributed by atoms with Gasteiger partial charge in [-0.25, -0.2) is 23.3 Å². The van der Waals surface area contributed by atoms with E-state index in [1.54, 1.807) is 5.48 Å². The van der Waals surface area contributed by atoms with Gasteiger partial charge in [-0.15, -0.1) is 0 Å². The Morgan fingerprint density at radius 2 is 1.84 bits per heavy atom. The van der Waals surface area contributed by atoms with Crippen LogP contribution in [0.2, 0.25) is 0 Å². The Morgan fingerprint density at radius 3 is 2.44 bits per heavy atom. The Bertz CT molecular complexity index is 861. The van der Waals surface area contributed by atoms with Gasteiger partial charge in [0.25, 0.3) is 5.91 Å². The zero-order valence-electron chi connectivity index (χ0n) is 12.9. The van der Waals surface area contributed by atoms with Crippen molar-refractivity contribution in [2.24, 2.45) is 0 Å². The van der Waals surface area contributed by atoms with E-state index in [0.29, 0.717) is 18.2 Å². The van der Waals surface area contributed by atoms with Gasteiger partial charge in [0.1, 0.15) is 10.7 Å². The summed E-state index contributed by atoms with van der Waals surface area (Å²) in [6, 6.07) is 4.73. The van der Waals surface area contributed by atoms with Crippen molar-refractivity contribution in [2.75, 3.05) is 31.1 Å². The highest BCUT2D eigenvalue weighted by Gasteiger charge is 2.29. The molecule has 0 aliphatic carbocycles. The number of amides is 1. The summed E-state index contributed by atoms with van der Waals surface area (Å²) in [5, 5.41) is 9.21. The summed E-state index contributed by atoms with van der Waals surface area (Å²) in [5.74, 6) is -1.13. The predicted molar refractivity (Wildman–Crippen MR) is 88.7 cm³/mol. The molecule has 2 heterocycles. The minimum Gasteiger partial charge on any atom is -0.345 e. The fourth-order valence-electron chi connectivity index (χ4n) is 2.45. The molecule has 11 heteroatoms. The molecule has 1 aromatic heterocycles. The number of piperazine rings is 1. The molecule has 25 heavy (non-hydrogen) atoms. The molecule has 0 saturated carbocycles. The van der Waals surface area contributed by atoms with E-state index in [-0.39, 0.29) is 22.9 Å². The molecule has 1 amide bonds. The Balaban J connectivity index is 1.68. The average Bonchev–Trinajstić information content (AvgIpc) is 3.11. The minimum atomic E-state index is -3.67. The molecule has 1 fully saturated rings. The lowest BCUT2D eigenvalue weighted by Gasteiger charge is -2.33. The number of sulfonamides is 1. The van der Waals surface area contributed by atoms with Gasteiger partial charge in [0.2, 0.25) is 10.0 Å². The smallest absolute Gasteiger partial charge is 0.286 e. The zero-order valence-corrected chi connectivity index (χ0v) is 14.6. The van der Waals surface area contributed by atoms with Crippen LogP contribution in [0.1, 0.15) is 9.67 Å². The molecule has 2 N–H and O–H groups in total. The van der Waals surface area contributed by atoms with Crippen LogP contribution < -0.4 is 10.4 Å². The summed E-state index contributed by atoms with van der Waals surface area (Å²) in [4.78, 5) is 17.7. The van der Waals surface area contributed by atoms with E-state index in [0.717, 1.165) is 23.5 Å². The van der Waals surface area contributed by atoms with Crippen LogP contribution in [0, 0.1) is 5.82 Å². The molecule has 1 aromatic carbocycles. The number of hydroxylamine groups is 1. The quantitative estimate of drug-likeness (QED) is 0.598. The van der Waals surface area contributed by atoms with Crippen molar-refractivity contribution in [1.82, 2.24) is 14.8 Å². The number of anilines is 1. The Labute approximate surface area is 147 Å². The largest absolute Gasteiger partial charge is 0.345 e. The van der Waals surface area contributed by atoms with Gasteiger partial charge in [-0.1, -0.05) is 11.3 Å². The van der Waals surface area contributed by atoms with Crippen LogP contribution >= 0.6 is 11.3 Å². The zero-order chi connectivity index (χ0) is 18.0. The molecule has 2 aromatic rings. The third-order valence-electron chi connectivity index (χ3n) is 3.78. The van der Waals surface area contributed by atoms with Crippen LogP contribution in [0.5, 0.6) is 0 Å². The topological polar surface area (TPSA) is 103 Å². The van der Waals surface area contributed by atoms with Crippen molar-refractivity contribution in [3.8, 4) is 0 Å². The van der Waals surface area contributed by atoms with Crippen molar-refractivity contribution in [2.45, 2.75) is 4.90 Å². The second kappa shape index (κ2) is 7.04. The number of nitrogens with one attached hydrogen (secondary N) is 1. The van der Waals surface area contributed by atoms with Crippen molar-refractivity contribution in [1.29, 1.82) is 0 Å². The third kappa shape index (κ3) is 3.63. The molecule has 0 unspecified atom stereocenters. The molecule has 0 bridgehead atoms. The standard InChI is InChI=1S/C14H15FN4O4S2/c15-10-1-3-11(4-2-10)25(22,23)19-7-5-18(6-8-19)14-16-9-12(24-14)13(20)17-21/h1-4,9,21H,5-8H2,(H,17,20). The van der Waals surface area contributed by atoms with Crippen molar-refractivity contribution >= 4 is 32.4 Å². The summed E-state index contributed by atoms with van der Waals surface area (Å²) in [6.45, 7) is 1.32.